The van der Waals surface area contributed by atoms with Crippen LogP contribution in [0.4, 0.5) is 0 Å². The van der Waals surface area contributed by atoms with Gasteiger partial charge in [0.15, 0.2) is 0 Å². The zero-order valence-electron chi connectivity index (χ0n) is 21.4. The largest absolute Gasteiger partial charge is 0.544 e. The van der Waals surface area contributed by atoms with Crippen LogP contribution in [0.5, 0.6) is 0 Å². The van der Waals surface area contributed by atoms with Crippen LogP contribution in [0.15, 0.2) is 0 Å². The minimum absolute atomic E-state index is 0.00958. The summed E-state index contributed by atoms with van der Waals surface area (Å²) in [5.74, 6) is -1.96. The van der Waals surface area contributed by atoms with E-state index in [9.17, 15) is 33.1 Å². The lowest BCUT2D eigenvalue weighted by atomic mass is 9.60. The third-order valence-corrected chi connectivity index (χ3v) is 7.99. The Morgan fingerprint density at radius 1 is 0.788 bits per heavy atom. The molecule has 0 heterocycles. The van der Waals surface area contributed by atoms with Crippen molar-refractivity contribution >= 4 is 16.1 Å². The van der Waals surface area contributed by atoms with E-state index in [0.717, 1.165) is 25.7 Å². The van der Waals surface area contributed by atoms with E-state index in [1.54, 1.807) is 21.1 Å². The molecular formula is C24H49NO7S. The molecule has 0 saturated carbocycles. The average Bonchev–Trinajstić information content (AvgIpc) is 2.69. The van der Waals surface area contributed by atoms with E-state index in [1.165, 1.54) is 32.1 Å². The first kappa shape index (κ1) is 32.3. The van der Waals surface area contributed by atoms with Gasteiger partial charge in [0.05, 0.1) is 26.9 Å². The van der Waals surface area contributed by atoms with Gasteiger partial charge in [0, 0.05) is 25.0 Å². The summed E-state index contributed by atoms with van der Waals surface area (Å²) in [5.41, 5.74) is -2.80. The van der Waals surface area contributed by atoms with Crippen molar-refractivity contribution in [2.45, 2.75) is 102 Å². The van der Waals surface area contributed by atoms with Crippen LogP contribution in [-0.4, -0.2) is 79.3 Å². The van der Waals surface area contributed by atoms with Crippen LogP contribution in [0.3, 0.4) is 0 Å². The first-order chi connectivity index (χ1) is 15.3. The minimum atomic E-state index is -4.35. The maximum Gasteiger partial charge on any atom is 0.264 e. The van der Waals surface area contributed by atoms with Gasteiger partial charge in [0.2, 0.25) is 0 Å². The molecule has 1 unspecified atom stereocenters. The number of carboxylic acid groups (broad SMARTS) is 1. The van der Waals surface area contributed by atoms with Crippen molar-refractivity contribution in [3.63, 3.8) is 0 Å². The van der Waals surface area contributed by atoms with Crippen molar-refractivity contribution < 1.29 is 37.6 Å². The molecule has 3 N–H and O–H groups in total. The van der Waals surface area contributed by atoms with Gasteiger partial charge in [-0.05, 0) is 25.7 Å². The number of aliphatic hydroxyl groups is 2. The molecule has 198 valence electrons. The number of aliphatic carboxylic acids is 1. The summed E-state index contributed by atoms with van der Waals surface area (Å²) >= 11 is 0. The first-order valence-electron chi connectivity index (χ1n) is 12.5. The van der Waals surface area contributed by atoms with Crippen molar-refractivity contribution in [1.29, 1.82) is 0 Å². The Hall–Kier alpha value is -0.740. The number of aliphatic hydroxyl groups excluding tert-OH is 2. The predicted octanol–water partition coefficient (Wildman–Crippen LogP) is 2.52. The Labute approximate surface area is 201 Å². The molecule has 0 aromatic carbocycles. The molecule has 9 heteroatoms. The van der Waals surface area contributed by atoms with Crippen LogP contribution >= 0.6 is 0 Å². The standard InChI is InChI=1S/C24H49NO7S/c1-5-6-7-8-9-10-11-12-13-14-15-24(22(28)29,25(2,3)4)23(16-19-26,17-20-27)18-21-33(30,31)32/h26-27H,5-21H2,1-4H3,(H-,28,29,30,31,32). The lowest BCUT2D eigenvalue weighted by Crippen LogP contribution is -2.74. The summed E-state index contributed by atoms with van der Waals surface area (Å²) in [6.45, 7) is 1.47. The molecule has 0 aliphatic heterocycles. The third-order valence-electron chi connectivity index (χ3n) is 7.27. The number of unbranched alkanes of at least 4 members (excludes halogenated alkanes) is 9. The average molecular weight is 496 g/mol. The highest BCUT2D eigenvalue weighted by molar-refractivity contribution is 7.85. The lowest BCUT2D eigenvalue weighted by molar-refractivity contribution is -0.926. The van der Waals surface area contributed by atoms with Gasteiger partial charge >= 0.3 is 0 Å². The molecule has 0 saturated heterocycles. The third kappa shape index (κ3) is 10.2. The summed E-state index contributed by atoms with van der Waals surface area (Å²) in [7, 11) is 0.823. The van der Waals surface area contributed by atoms with Crippen molar-refractivity contribution in [1.82, 2.24) is 0 Å². The molecule has 0 fully saturated rings. The van der Waals surface area contributed by atoms with Gasteiger partial charge in [-0.1, -0.05) is 64.7 Å². The maximum atomic E-state index is 12.8. The fourth-order valence-corrected chi connectivity index (χ4v) is 6.17. The van der Waals surface area contributed by atoms with Crippen LogP contribution in [0.25, 0.3) is 0 Å². The smallest absolute Gasteiger partial charge is 0.264 e. The number of hydrogen-bond donors (Lipinski definition) is 3. The molecule has 33 heavy (non-hydrogen) atoms. The predicted molar refractivity (Wildman–Crippen MR) is 129 cm³/mol. The molecule has 8 nitrogen and oxygen atoms in total. The van der Waals surface area contributed by atoms with Gasteiger partial charge in [0.1, 0.15) is 11.5 Å². The maximum absolute atomic E-state index is 12.8. The Morgan fingerprint density at radius 3 is 1.55 bits per heavy atom. The van der Waals surface area contributed by atoms with Crippen molar-refractivity contribution in [3.8, 4) is 0 Å². The van der Waals surface area contributed by atoms with E-state index < -0.39 is 32.8 Å². The molecule has 0 radical (unpaired) electrons. The molecule has 0 rings (SSSR count). The number of likely N-dealkylation sites (N-methyl/N-ethyl adjacent to an activating group) is 1. The van der Waals surface area contributed by atoms with Gasteiger partial charge in [-0.3, -0.25) is 4.55 Å². The quantitative estimate of drug-likeness (QED) is 0.126. The van der Waals surface area contributed by atoms with E-state index in [-0.39, 0.29) is 43.4 Å². The van der Waals surface area contributed by atoms with Crippen LogP contribution in [0.2, 0.25) is 0 Å². The molecule has 0 spiro atoms. The van der Waals surface area contributed by atoms with Gasteiger partial charge in [-0.2, -0.15) is 8.42 Å². The molecule has 1 atom stereocenters. The van der Waals surface area contributed by atoms with E-state index in [1.807, 2.05) is 0 Å². The summed E-state index contributed by atoms with van der Waals surface area (Å²) in [6.07, 6.45) is 11.0. The Morgan fingerprint density at radius 2 is 1.21 bits per heavy atom. The van der Waals surface area contributed by atoms with Crippen LogP contribution in [0, 0.1) is 5.41 Å². The highest BCUT2D eigenvalue weighted by Gasteiger charge is 2.59. The summed E-state index contributed by atoms with van der Waals surface area (Å²) in [5, 5.41) is 32.4. The number of carbonyl (C=O) groups excluding carboxylic acids is 1. The Bertz CT molecular complexity index is 640. The van der Waals surface area contributed by atoms with Crippen molar-refractivity contribution in [3.05, 3.63) is 0 Å². The van der Waals surface area contributed by atoms with Gasteiger partial charge in [-0.15, -0.1) is 0 Å². The molecular weight excluding hydrogens is 446 g/mol. The summed E-state index contributed by atoms with van der Waals surface area (Å²) in [4.78, 5) is 12.8. The second kappa shape index (κ2) is 15.3. The highest BCUT2D eigenvalue weighted by atomic mass is 32.2. The molecule has 0 bridgehead atoms. The zero-order chi connectivity index (χ0) is 25.6. The number of rotatable bonds is 21. The van der Waals surface area contributed by atoms with E-state index in [0.29, 0.717) is 6.42 Å². The molecule has 0 aromatic heterocycles. The molecule has 0 aliphatic carbocycles. The van der Waals surface area contributed by atoms with Crippen LogP contribution in [0.1, 0.15) is 96.8 Å². The topological polar surface area (TPSA) is 135 Å². The summed E-state index contributed by atoms with van der Waals surface area (Å²) in [6, 6.07) is 0. The number of nitrogens with zero attached hydrogens (tertiary/aromatic N) is 1. The summed E-state index contributed by atoms with van der Waals surface area (Å²) < 4.78 is 32.4. The number of carboxylic acids is 1. The highest BCUT2D eigenvalue weighted by Crippen LogP contribution is 2.50. The van der Waals surface area contributed by atoms with E-state index in [4.69, 9.17) is 0 Å². The second-order valence-electron chi connectivity index (χ2n) is 10.4. The molecule has 0 amide bonds. The van der Waals surface area contributed by atoms with Crippen molar-refractivity contribution in [2.24, 2.45) is 5.41 Å². The fraction of sp³-hybridized carbons (Fsp3) is 0.958. The van der Waals surface area contributed by atoms with Gasteiger partial charge in [-0.25, -0.2) is 0 Å². The minimum Gasteiger partial charge on any atom is -0.544 e. The lowest BCUT2D eigenvalue weighted by Gasteiger charge is -2.58. The zero-order valence-corrected chi connectivity index (χ0v) is 22.2. The fourth-order valence-electron chi connectivity index (χ4n) is 5.52. The van der Waals surface area contributed by atoms with Crippen molar-refractivity contribution in [2.75, 3.05) is 40.1 Å². The first-order valence-corrected chi connectivity index (χ1v) is 14.1. The normalized spacial score (nSPS) is 14.9. The van der Waals surface area contributed by atoms with E-state index >= 15 is 0 Å². The second-order valence-corrected chi connectivity index (χ2v) is 11.9. The van der Waals surface area contributed by atoms with Crippen LogP contribution in [-0.2, 0) is 14.9 Å². The van der Waals surface area contributed by atoms with E-state index in [2.05, 4.69) is 6.92 Å². The van der Waals surface area contributed by atoms with Gasteiger partial charge in [0.25, 0.3) is 10.1 Å². The number of quaternary nitrogens is 1. The molecule has 0 aliphatic rings. The Kier molecular flexibility index (Phi) is 15.0. The monoisotopic (exact) mass is 495 g/mol. The Balaban J connectivity index is 5.57. The molecule has 0 aromatic rings. The number of hydrogen-bond acceptors (Lipinski definition) is 6. The number of carbonyl (C=O) groups is 1. The SMILES string of the molecule is CCCCCCCCCCCCC(C(=O)[O-])(C(CCO)(CCO)CCS(=O)(=O)O)[N+](C)(C)C. The van der Waals surface area contributed by atoms with Crippen LogP contribution < -0.4 is 5.11 Å². The van der Waals surface area contributed by atoms with Gasteiger partial charge < -0.3 is 24.6 Å².